The van der Waals surface area contributed by atoms with Crippen LogP contribution in [0.3, 0.4) is 0 Å². The second kappa shape index (κ2) is 10.3. The van der Waals surface area contributed by atoms with Crippen molar-refractivity contribution in [2.75, 3.05) is 16.0 Å². The maximum Gasteiger partial charge on any atom is 0.237 e. The number of para-hydroxylation sites is 1. The van der Waals surface area contributed by atoms with E-state index in [4.69, 9.17) is 23.8 Å². The monoisotopic (exact) mass is 441 g/mol. The maximum atomic E-state index is 12.4. The average molecular weight is 442 g/mol. The fourth-order valence-corrected chi connectivity index (χ4v) is 3.70. The molecule has 7 heteroatoms. The van der Waals surface area contributed by atoms with Crippen LogP contribution in [-0.4, -0.2) is 16.3 Å². The highest BCUT2D eigenvalue weighted by Crippen LogP contribution is 2.26. The topological polar surface area (TPSA) is 53.2 Å². The number of hydrogen-bond acceptors (Lipinski definition) is 3. The van der Waals surface area contributed by atoms with E-state index in [9.17, 15) is 4.79 Å². The maximum absolute atomic E-state index is 12.4. The number of thioether (sulfide) groups is 1. The van der Waals surface area contributed by atoms with Crippen molar-refractivity contribution in [3.05, 3.63) is 83.9 Å². The van der Waals surface area contributed by atoms with Gasteiger partial charge >= 0.3 is 0 Å². The zero-order valence-electron chi connectivity index (χ0n) is 15.7. The molecule has 0 fully saturated rings. The molecule has 0 aliphatic carbocycles. The Morgan fingerprint density at radius 3 is 1.97 bits per heavy atom. The molecule has 0 aromatic heterocycles. The molecule has 1 unspecified atom stereocenters. The Morgan fingerprint density at radius 1 is 0.828 bits per heavy atom. The number of halogens is 1. The Kier molecular flexibility index (Phi) is 7.52. The fraction of sp³-hybridized carbons (Fsp3) is 0.0909. The molecule has 0 radical (unpaired) electrons. The molecule has 0 aliphatic heterocycles. The van der Waals surface area contributed by atoms with Gasteiger partial charge in [-0.25, -0.2) is 0 Å². The molecule has 0 saturated carbocycles. The number of benzene rings is 3. The van der Waals surface area contributed by atoms with Gasteiger partial charge in [-0.05, 0) is 79.8 Å². The van der Waals surface area contributed by atoms with Gasteiger partial charge in [0, 0.05) is 27.0 Å². The molecule has 0 aliphatic rings. The number of thiocarbonyl (C=S) groups is 1. The van der Waals surface area contributed by atoms with Crippen LogP contribution in [0.25, 0.3) is 0 Å². The summed E-state index contributed by atoms with van der Waals surface area (Å²) in [4.78, 5) is 13.4. The molecule has 0 heterocycles. The van der Waals surface area contributed by atoms with Crippen LogP contribution in [0, 0.1) is 0 Å². The number of amides is 1. The number of anilines is 3. The van der Waals surface area contributed by atoms with E-state index in [1.165, 1.54) is 11.8 Å². The quantitative estimate of drug-likeness (QED) is 0.311. The van der Waals surface area contributed by atoms with Gasteiger partial charge in [0.05, 0.1) is 5.25 Å². The van der Waals surface area contributed by atoms with Crippen molar-refractivity contribution in [2.24, 2.45) is 0 Å². The molecule has 1 amide bonds. The lowest BCUT2D eigenvalue weighted by Crippen LogP contribution is -2.22. The molecule has 4 nitrogen and oxygen atoms in total. The molecule has 3 aromatic carbocycles. The van der Waals surface area contributed by atoms with Crippen LogP contribution in [0.5, 0.6) is 0 Å². The van der Waals surface area contributed by atoms with Crippen molar-refractivity contribution in [3.8, 4) is 0 Å². The first-order valence-corrected chi connectivity index (χ1v) is 10.6. The summed E-state index contributed by atoms with van der Waals surface area (Å²) >= 11 is 12.7. The first kappa shape index (κ1) is 21.2. The lowest BCUT2D eigenvalue weighted by atomic mass is 10.3. The van der Waals surface area contributed by atoms with Crippen LogP contribution < -0.4 is 16.0 Å². The zero-order valence-corrected chi connectivity index (χ0v) is 18.1. The molecule has 3 rings (SSSR count). The molecule has 29 heavy (non-hydrogen) atoms. The summed E-state index contributed by atoms with van der Waals surface area (Å²) in [5.41, 5.74) is 2.53. The van der Waals surface area contributed by atoms with E-state index in [1.807, 2.05) is 61.5 Å². The van der Waals surface area contributed by atoms with Crippen LogP contribution in [0.4, 0.5) is 17.1 Å². The van der Waals surface area contributed by atoms with Crippen LogP contribution in [0.2, 0.25) is 5.02 Å². The highest BCUT2D eigenvalue weighted by molar-refractivity contribution is 8.00. The third-order valence-corrected chi connectivity index (χ3v) is 5.51. The molecule has 3 aromatic rings. The summed E-state index contributed by atoms with van der Waals surface area (Å²) in [6, 6.07) is 24.6. The van der Waals surface area contributed by atoms with Gasteiger partial charge in [-0.1, -0.05) is 29.8 Å². The summed E-state index contributed by atoms with van der Waals surface area (Å²) < 4.78 is 0. The van der Waals surface area contributed by atoms with Crippen molar-refractivity contribution in [2.45, 2.75) is 17.1 Å². The van der Waals surface area contributed by atoms with Gasteiger partial charge in [-0.15, -0.1) is 11.8 Å². The number of hydrogen-bond donors (Lipinski definition) is 3. The van der Waals surface area contributed by atoms with Gasteiger partial charge in [0.15, 0.2) is 5.11 Å². The molecule has 148 valence electrons. The number of carbonyl (C=O) groups excluding carboxylic acids is 1. The third kappa shape index (κ3) is 6.78. The smallest absolute Gasteiger partial charge is 0.237 e. The van der Waals surface area contributed by atoms with Gasteiger partial charge in [0.1, 0.15) is 0 Å². The van der Waals surface area contributed by atoms with E-state index in [-0.39, 0.29) is 11.2 Å². The minimum absolute atomic E-state index is 0.0623. The van der Waals surface area contributed by atoms with Crippen LogP contribution in [0.1, 0.15) is 6.92 Å². The molecular weight excluding hydrogens is 422 g/mol. The molecule has 3 N–H and O–H groups in total. The molecular formula is C22H20ClN3OS2. The largest absolute Gasteiger partial charge is 0.332 e. The van der Waals surface area contributed by atoms with Gasteiger partial charge in [0.2, 0.25) is 5.91 Å². The Balaban J connectivity index is 1.50. The third-order valence-electron chi connectivity index (χ3n) is 3.94. The SMILES string of the molecule is CC(Sc1ccc(NC(=S)Nc2ccccc2)cc1)C(=O)Nc1ccc(Cl)cc1. The van der Waals surface area contributed by atoms with Crippen LogP contribution >= 0.6 is 35.6 Å². The summed E-state index contributed by atoms with van der Waals surface area (Å²) in [7, 11) is 0. The van der Waals surface area contributed by atoms with Crippen molar-refractivity contribution in [1.82, 2.24) is 0 Å². The van der Waals surface area contributed by atoms with E-state index in [0.717, 1.165) is 22.0 Å². The first-order valence-electron chi connectivity index (χ1n) is 8.96. The summed E-state index contributed by atoms with van der Waals surface area (Å²) in [6.45, 7) is 1.88. The van der Waals surface area contributed by atoms with Gasteiger partial charge in [-0.2, -0.15) is 0 Å². The normalized spacial score (nSPS) is 11.4. The molecule has 0 bridgehead atoms. The number of carbonyl (C=O) groups is 1. The Morgan fingerprint density at radius 2 is 1.34 bits per heavy atom. The average Bonchev–Trinajstić information content (AvgIpc) is 2.72. The van der Waals surface area contributed by atoms with Gasteiger partial charge in [-0.3, -0.25) is 4.79 Å². The van der Waals surface area contributed by atoms with Crippen molar-refractivity contribution < 1.29 is 4.79 Å². The Hall–Kier alpha value is -2.54. The highest BCUT2D eigenvalue weighted by Gasteiger charge is 2.14. The van der Waals surface area contributed by atoms with Crippen LogP contribution in [-0.2, 0) is 4.79 Å². The number of nitrogens with one attached hydrogen (secondary N) is 3. The lowest BCUT2D eigenvalue weighted by Gasteiger charge is -2.13. The minimum atomic E-state index is -0.245. The predicted octanol–water partition coefficient (Wildman–Crippen LogP) is 6.27. The van der Waals surface area contributed by atoms with E-state index in [0.29, 0.717) is 10.1 Å². The Labute approximate surface area is 185 Å². The second-order valence-corrected chi connectivity index (χ2v) is 8.48. The van der Waals surface area contributed by atoms with Gasteiger partial charge in [0.25, 0.3) is 0 Å². The molecule has 0 spiro atoms. The summed E-state index contributed by atoms with van der Waals surface area (Å²) in [5, 5.41) is 10.1. The predicted molar refractivity (Wildman–Crippen MR) is 128 cm³/mol. The lowest BCUT2D eigenvalue weighted by molar-refractivity contribution is -0.115. The van der Waals surface area contributed by atoms with Crippen LogP contribution in [0.15, 0.2) is 83.8 Å². The first-order chi connectivity index (χ1) is 14.0. The van der Waals surface area contributed by atoms with Gasteiger partial charge < -0.3 is 16.0 Å². The molecule has 1 atom stereocenters. The standard InChI is InChI=1S/C22H20ClN3OS2/c1-15(21(27)24-18-9-7-16(23)8-10-18)29-20-13-11-19(12-14-20)26-22(28)25-17-5-3-2-4-6-17/h2-15H,1H3,(H,24,27)(H2,25,26,28). The zero-order chi connectivity index (χ0) is 20.6. The molecule has 0 saturated heterocycles. The van der Waals surface area contributed by atoms with Crippen molar-refractivity contribution in [1.29, 1.82) is 0 Å². The fourth-order valence-electron chi connectivity index (χ4n) is 2.47. The highest BCUT2D eigenvalue weighted by atomic mass is 35.5. The Bertz CT molecular complexity index is 964. The van der Waals surface area contributed by atoms with Crippen molar-refractivity contribution in [3.63, 3.8) is 0 Å². The number of rotatable bonds is 6. The van der Waals surface area contributed by atoms with E-state index < -0.39 is 0 Å². The minimum Gasteiger partial charge on any atom is -0.332 e. The van der Waals surface area contributed by atoms with E-state index >= 15 is 0 Å². The van der Waals surface area contributed by atoms with E-state index in [2.05, 4.69) is 16.0 Å². The summed E-state index contributed by atoms with van der Waals surface area (Å²) in [6.07, 6.45) is 0. The second-order valence-electron chi connectivity index (χ2n) is 6.23. The summed E-state index contributed by atoms with van der Waals surface area (Å²) in [5.74, 6) is -0.0623. The van der Waals surface area contributed by atoms with E-state index in [1.54, 1.807) is 24.3 Å². The van der Waals surface area contributed by atoms with Crippen molar-refractivity contribution >= 4 is 63.7 Å².